The van der Waals surface area contributed by atoms with Crippen LogP contribution in [0.2, 0.25) is 10.3 Å². The van der Waals surface area contributed by atoms with Crippen LogP contribution in [0.1, 0.15) is 11.4 Å². The van der Waals surface area contributed by atoms with Gasteiger partial charge in [-0.15, -0.1) is 0 Å². The molecule has 0 saturated carbocycles. The van der Waals surface area contributed by atoms with E-state index in [0.717, 1.165) is 20.4 Å². The Morgan fingerprint density at radius 3 is 1.54 bits per heavy atom. The monoisotopic (exact) mass is 638 g/mol. The second-order valence-corrected chi connectivity index (χ2v) is 9.68. The van der Waals surface area contributed by atoms with Crippen LogP contribution in [0, 0.1) is 0 Å². The lowest BCUT2D eigenvalue weighted by atomic mass is 10.3. The fourth-order valence-electron chi connectivity index (χ4n) is 2.91. The molecule has 0 fully saturated rings. The molecule has 0 amide bonds. The van der Waals surface area contributed by atoms with E-state index in [2.05, 4.69) is 51.8 Å². The van der Waals surface area contributed by atoms with E-state index in [0.29, 0.717) is 37.4 Å². The lowest BCUT2D eigenvalue weighted by Gasteiger charge is -2.10. The lowest BCUT2D eigenvalue weighted by molar-refractivity contribution is 0.319. The van der Waals surface area contributed by atoms with Crippen molar-refractivity contribution in [1.29, 1.82) is 0 Å². The number of aromatic nitrogens is 4. The molecular weight excluding hydrogens is 623 g/mol. The standard InChI is InChI=1S/C24H18Br2Cl2N4O3/c25-15-3-1-5-19(11-15)33-9-7-17-13-29-23(21(27)31-17)35-24-22(28)32-18(14-30-24)8-10-34-20-6-2-4-16(26)12-20/h1-6,11-14H,7-10H2. The molecule has 4 aromatic rings. The molecule has 2 aromatic carbocycles. The second-order valence-electron chi connectivity index (χ2n) is 7.13. The van der Waals surface area contributed by atoms with Crippen LogP contribution in [0.3, 0.4) is 0 Å². The minimum absolute atomic E-state index is 0.0882. The molecule has 0 aliphatic heterocycles. The van der Waals surface area contributed by atoms with Crippen molar-refractivity contribution >= 4 is 55.1 Å². The van der Waals surface area contributed by atoms with Gasteiger partial charge in [0.1, 0.15) is 11.5 Å². The third-order valence-electron chi connectivity index (χ3n) is 4.54. The van der Waals surface area contributed by atoms with Gasteiger partial charge in [0.2, 0.25) is 0 Å². The Kier molecular flexibility index (Phi) is 9.14. The maximum atomic E-state index is 6.26. The van der Waals surface area contributed by atoms with Crippen LogP contribution < -0.4 is 14.2 Å². The first-order chi connectivity index (χ1) is 17.0. The van der Waals surface area contributed by atoms with Crippen LogP contribution in [0.15, 0.2) is 69.9 Å². The molecule has 7 nitrogen and oxygen atoms in total. The lowest BCUT2D eigenvalue weighted by Crippen LogP contribution is -2.06. The van der Waals surface area contributed by atoms with Crippen LogP contribution >= 0.6 is 55.1 Å². The van der Waals surface area contributed by atoms with Crippen molar-refractivity contribution in [3.05, 3.63) is 91.6 Å². The zero-order valence-electron chi connectivity index (χ0n) is 18.1. The summed E-state index contributed by atoms with van der Waals surface area (Å²) in [7, 11) is 0. The highest BCUT2D eigenvalue weighted by atomic mass is 79.9. The summed E-state index contributed by atoms with van der Waals surface area (Å²) in [5.41, 5.74) is 1.32. The zero-order valence-corrected chi connectivity index (χ0v) is 22.8. The maximum Gasteiger partial charge on any atom is 0.259 e. The molecule has 180 valence electrons. The van der Waals surface area contributed by atoms with Gasteiger partial charge in [-0.2, -0.15) is 0 Å². The van der Waals surface area contributed by atoms with Crippen LogP contribution in [0.4, 0.5) is 0 Å². The molecular formula is C24H18Br2Cl2N4O3. The Balaban J connectivity index is 1.30. The number of ether oxygens (including phenoxy) is 3. The van der Waals surface area contributed by atoms with Gasteiger partial charge in [-0.1, -0.05) is 67.2 Å². The average molecular weight is 641 g/mol. The number of hydrogen-bond donors (Lipinski definition) is 0. The maximum absolute atomic E-state index is 6.26. The minimum atomic E-state index is 0.0882. The van der Waals surface area contributed by atoms with E-state index in [1.54, 1.807) is 12.4 Å². The smallest absolute Gasteiger partial charge is 0.259 e. The van der Waals surface area contributed by atoms with E-state index in [1.165, 1.54) is 0 Å². The van der Waals surface area contributed by atoms with Crippen LogP contribution in [-0.2, 0) is 12.8 Å². The number of nitrogens with zero attached hydrogens (tertiary/aromatic N) is 4. The third kappa shape index (κ3) is 7.76. The van der Waals surface area contributed by atoms with Crippen molar-refractivity contribution in [3.8, 4) is 23.3 Å². The van der Waals surface area contributed by atoms with Crippen molar-refractivity contribution in [3.63, 3.8) is 0 Å². The molecule has 0 atom stereocenters. The molecule has 0 aliphatic rings. The van der Waals surface area contributed by atoms with Crippen molar-refractivity contribution in [2.45, 2.75) is 12.8 Å². The molecule has 2 aromatic heterocycles. The van der Waals surface area contributed by atoms with Gasteiger partial charge in [0.05, 0.1) is 37.0 Å². The highest BCUT2D eigenvalue weighted by Gasteiger charge is 2.14. The Labute approximate surface area is 229 Å². The number of benzene rings is 2. The molecule has 0 spiro atoms. The van der Waals surface area contributed by atoms with E-state index in [-0.39, 0.29) is 22.1 Å². The summed E-state index contributed by atoms with van der Waals surface area (Å²) >= 11 is 19.4. The van der Waals surface area contributed by atoms with Crippen molar-refractivity contribution in [1.82, 2.24) is 19.9 Å². The van der Waals surface area contributed by atoms with Gasteiger partial charge in [-0.25, -0.2) is 19.9 Å². The van der Waals surface area contributed by atoms with Crippen molar-refractivity contribution < 1.29 is 14.2 Å². The first-order valence-electron chi connectivity index (χ1n) is 10.4. The van der Waals surface area contributed by atoms with Gasteiger partial charge in [0.25, 0.3) is 11.8 Å². The topological polar surface area (TPSA) is 79.3 Å². The third-order valence-corrected chi connectivity index (χ3v) is 6.02. The van der Waals surface area contributed by atoms with Crippen molar-refractivity contribution in [2.24, 2.45) is 0 Å². The van der Waals surface area contributed by atoms with E-state index in [4.69, 9.17) is 37.4 Å². The number of hydrogen-bond acceptors (Lipinski definition) is 7. The van der Waals surface area contributed by atoms with E-state index in [9.17, 15) is 0 Å². The quantitative estimate of drug-likeness (QED) is 0.182. The summed E-state index contributed by atoms with van der Waals surface area (Å²) in [5, 5.41) is 0.184. The Bertz CT molecular complexity index is 1210. The SMILES string of the molecule is Clc1nc(CCOc2cccc(Br)c2)cnc1Oc1ncc(CCOc2cccc(Br)c2)nc1Cl. The summed E-state index contributed by atoms with van der Waals surface area (Å²) in [4.78, 5) is 17.1. The van der Waals surface area contributed by atoms with Gasteiger partial charge in [0.15, 0.2) is 10.3 Å². The van der Waals surface area contributed by atoms with E-state index in [1.807, 2.05) is 48.5 Å². The van der Waals surface area contributed by atoms with Gasteiger partial charge in [-0.3, -0.25) is 0 Å². The summed E-state index contributed by atoms with van der Waals surface area (Å²) in [5.74, 6) is 1.69. The Morgan fingerprint density at radius 1 is 0.686 bits per heavy atom. The summed E-state index contributed by atoms with van der Waals surface area (Å²) in [6.07, 6.45) is 4.19. The van der Waals surface area contributed by atoms with Crippen LogP contribution in [0.25, 0.3) is 0 Å². The molecule has 0 aliphatic carbocycles. The average Bonchev–Trinajstić information content (AvgIpc) is 2.82. The summed E-state index contributed by atoms with van der Waals surface area (Å²) in [6, 6.07) is 15.2. The fourth-order valence-corrected chi connectivity index (χ4v) is 4.06. The molecule has 11 heteroatoms. The predicted octanol–water partition coefficient (Wildman–Crippen LogP) is 7.13. The second kappa shape index (κ2) is 12.5. The molecule has 0 N–H and O–H groups in total. The minimum Gasteiger partial charge on any atom is -0.493 e. The molecule has 35 heavy (non-hydrogen) atoms. The molecule has 4 rings (SSSR count). The Morgan fingerprint density at radius 2 is 1.14 bits per heavy atom. The zero-order chi connectivity index (χ0) is 24.6. The van der Waals surface area contributed by atoms with Gasteiger partial charge < -0.3 is 14.2 Å². The van der Waals surface area contributed by atoms with Gasteiger partial charge >= 0.3 is 0 Å². The van der Waals surface area contributed by atoms with Crippen LogP contribution in [0.5, 0.6) is 23.3 Å². The van der Waals surface area contributed by atoms with Gasteiger partial charge in [-0.05, 0) is 36.4 Å². The molecule has 0 saturated heterocycles. The normalized spacial score (nSPS) is 10.7. The highest BCUT2D eigenvalue weighted by molar-refractivity contribution is 9.10. The van der Waals surface area contributed by atoms with Gasteiger partial charge in [0, 0.05) is 21.8 Å². The first-order valence-corrected chi connectivity index (χ1v) is 12.8. The summed E-state index contributed by atoms with van der Waals surface area (Å²) < 4.78 is 19.0. The largest absolute Gasteiger partial charge is 0.493 e. The molecule has 0 unspecified atom stereocenters. The molecule has 2 heterocycles. The summed E-state index contributed by atoms with van der Waals surface area (Å²) in [6.45, 7) is 0.845. The first kappa shape index (κ1) is 25.6. The Hall–Kier alpha value is -2.46. The van der Waals surface area contributed by atoms with Crippen LogP contribution in [-0.4, -0.2) is 33.1 Å². The molecule has 0 bridgehead atoms. The van der Waals surface area contributed by atoms with Crippen molar-refractivity contribution in [2.75, 3.05) is 13.2 Å². The number of rotatable bonds is 10. The fraction of sp³-hybridized carbons (Fsp3) is 0.167. The highest BCUT2D eigenvalue weighted by Crippen LogP contribution is 2.28. The number of halogens is 4. The predicted molar refractivity (Wildman–Crippen MR) is 141 cm³/mol. The molecule has 0 radical (unpaired) electrons. The van der Waals surface area contributed by atoms with E-state index < -0.39 is 0 Å². The van der Waals surface area contributed by atoms with E-state index >= 15 is 0 Å².